The van der Waals surface area contributed by atoms with Gasteiger partial charge < -0.3 is 15.4 Å². The third-order valence-electron chi connectivity index (χ3n) is 5.83. The van der Waals surface area contributed by atoms with Crippen LogP contribution in [0, 0.1) is 5.92 Å². The van der Waals surface area contributed by atoms with Crippen LogP contribution in [0.3, 0.4) is 0 Å². The van der Waals surface area contributed by atoms with Crippen LogP contribution in [0.1, 0.15) is 35.8 Å². The van der Waals surface area contributed by atoms with Gasteiger partial charge in [0.05, 0.1) is 6.61 Å². The second-order valence-corrected chi connectivity index (χ2v) is 7.39. The second-order valence-electron chi connectivity index (χ2n) is 7.39. The van der Waals surface area contributed by atoms with Crippen molar-refractivity contribution in [3.8, 4) is 5.75 Å². The molecule has 4 rings (SSSR count). The quantitative estimate of drug-likeness (QED) is 0.922. The highest BCUT2D eigenvalue weighted by Gasteiger charge is 2.36. The van der Waals surface area contributed by atoms with E-state index in [1.165, 1.54) is 11.1 Å². The van der Waals surface area contributed by atoms with Gasteiger partial charge in [0.15, 0.2) is 0 Å². The predicted molar refractivity (Wildman–Crippen MR) is 102 cm³/mol. The molecule has 0 spiro atoms. The molecule has 2 aliphatic heterocycles. The molecule has 2 aliphatic rings. The molecule has 2 aromatic rings. The first kappa shape index (κ1) is 17.1. The molecule has 2 aromatic carbocycles. The van der Waals surface area contributed by atoms with Crippen molar-refractivity contribution in [2.75, 3.05) is 26.2 Å². The van der Waals surface area contributed by atoms with Crippen LogP contribution in [-0.4, -0.2) is 37.0 Å². The lowest BCUT2D eigenvalue weighted by atomic mass is 9.89. The van der Waals surface area contributed by atoms with Crippen molar-refractivity contribution in [1.82, 2.24) is 4.90 Å². The Bertz CT molecular complexity index is 762. The summed E-state index contributed by atoms with van der Waals surface area (Å²) < 4.78 is 5.73. The van der Waals surface area contributed by atoms with Crippen LogP contribution in [0.2, 0.25) is 0 Å². The minimum Gasteiger partial charge on any atom is -0.493 e. The van der Waals surface area contributed by atoms with Crippen LogP contribution < -0.4 is 10.5 Å². The molecule has 4 heteroatoms. The Morgan fingerprint density at radius 1 is 1.08 bits per heavy atom. The summed E-state index contributed by atoms with van der Waals surface area (Å²) >= 11 is 0. The van der Waals surface area contributed by atoms with Crippen molar-refractivity contribution >= 4 is 5.91 Å². The van der Waals surface area contributed by atoms with Gasteiger partial charge in [-0.2, -0.15) is 0 Å². The van der Waals surface area contributed by atoms with Crippen molar-refractivity contribution in [3.05, 3.63) is 65.7 Å². The molecular weight excluding hydrogens is 324 g/mol. The van der Waals surface area contributed by atoms with Crippen LogP contribution in [0.5, 0.6) is 5.75 Å². The zero-order valence-electron chi connectivity index (χ0n) is 15.0. The molecule has 0 aliphatic carbocycles. The summed E-state index contributed by atoms with van der Waals surface area (Å²) in [7, 11) is 0. The van der Waals surface area contributed by atoms with E-state index in [4.69, 9.17) is 10.5 Å². The highest BCUT2D eigenvalue weighted by Crippen LogP contribution is 2.37. The molecule has 1 unspecified atom stereocenters. The van der Waals surface area contributed by atoms with E-state index in [0.717, 1.165) is 25.3 Å². The summed E-state index contributed by atoms with van der Waals surface area (Å²) in [5.41, 5.74) is 8.47. The number of nitrogens with two attached hydrogens (primary N) is 1. The number of ether oxygens (including phenoxy) is 1. The van der Waals surface area contributed by atoms with Crippen LogP contribution >= 0.6 is 0 Å². The van der Waals surface area contributed by atoms with E-state index in [1.54, 1.807) is 0 Å². The average Bonchev–Trinajstić information content (AvgIpc) is 3.14. The van der Waals surface area contributed by atoms with Crippen molar-refractivity contribution in [2.24, 2.45) is 11.7 Å². The van der Waals surface area contributed by atoms with Gasteiger partial charge in [-0.05, 0) is 42.0 Å². The number of likely N-dealkylation sites (tertiary alicyclic amines) is 1. The minimum atomic E-state index is 0.239. The van der Waals surface area contributed by atoms with Gasteiger partial charge in [0, 0.05) is 25.4 Å². The molecule has 2 heterocycles. The highest BCUT2D eigenvalue weighted by molar-refractivity contribution is 5.78. The average molecular weight is 350 g/mol. The number of rotatable bonds is 4. The topological polar surface area (TPSA) is 55.6 Å². The summed E-state index contributed by atoms with van der Waals surface area (Å²) in [6.07, 6.45) is 1.46. The summed E-state index contributed by atoms with van der Waals surface area (Å²) in [6.45, 7) is 2.84. The monoisotopic (exact) mass is 350 g/mol. The normalized spacial score (nSPS) is 24.8. The lowest BCUT2D eigenvalue weighted by Crippen LogP contribution is -2.31. The van der Waals surface area contributed by atoms with E-state index in [0.29, 0.717) is 31.4 Å². The van der Waals surface area contributed by atoms with Crippen molar-refractivity contribution in [2.45, 2.75) is 24.7 Å². The third-order valence-corrected chi connectivity index (χ3v) is 5.83. The fourth-order valence-corrected chi connectivity index (χ4v) is 4.36. The molecule has 0 saturated carbocycles. The number of fused-ring (bicyclic) bond motifs is 1. The van der Waals surface area contributed by atoms with Crippen LogP contribution in [0.25, 0.3) is 0 Å². The third kappa shape index (κ3) is 3.34. The Kier molecular flexibility index (Phi) is 4.93. The Morgan fingerprint density at radius 2 is 1.85 bits per heavy atom. The summed E-state index contributed by atoms with van der Waals surface area (Å²) in [5.74, 6) is 2.10. The number of amides is 1. The van der Waals surface area contributed by atoms with Crippen LogP contribution in [0.4, 0.5) is 0 Å². The van der Waals surface area contributed by atoms with Crippen LogP contribution in [-0.2, 0) is 4.79 Å². The lowest BCUT2D eigenvalue weighted by molar-refractivity contribution is -0.130. The van der Waals surface area contributed by atoms with Gasteiger partial charge in [0.25, 0.3) is 0 Å². The molecule has 1 saturated heterocycles. The molecule has 0 bridgehead atoms. The number of para-hydroxylation sites is 1. The van der Waals surface area contributed by atoms with Gasteiger partial charge in [-0.15, -0.1) is 0 Å². The van der Waals surface area contributed by atoms with E-state index in [9.17, 15) is 4.79 Å². The molecule has 1 amide bonds. The SMILES string of the molecule is NC[C@@H]1CN(C(=O)CC2CCOc3ccccc32)C[C@H]1c1ccccc1. The maximum atomic E-state index is 13.0. The molecule has 0 radical (unpaired) electrons. The second kappa shape index (κ2) is 7.50. The van der Waals surface area contributed by atoms with Gasteiger partial charge in [-0.3, -0.25) is 4.79 Å². The Labute approximate surface area is 155 Å². The molecule has 0 aromatic heterocycles. The fourth-order valence-electron chi connectivity index (χ4n) is 4.36. The zero-order valence-corrected chi connectivity index (χ0v) is 15.0. The van der Waals surface area contributed by atoms with Gasteiger partial charge in [0.2, 0.25) is 5.91 Å². The summed E-state index contributed by atoms with van der Waals surface area (Å²) in [5, 5.41) is 0. The highest BCUT2D eigenvalue weighted by atomic mass is 16.5. The number of nitrogens with zero attached hydrogens (tertiary/aromatic N) is 1. The number of carbonyl (C=O) groups excluding carboxylic acids is 1. The van der Waals surface area contributed by atoms with E-state index < -0.39 is 0 Å². The largest absolute Gasteiger partial charge is 0.493 e. The number of hydrogen-bond donors (Lipinski definition) is 1. The van der Waals surface area contributed by atoms with Crippen molar-refractivity contribution < 1.29 is 9.53 Å². The predicted octanol–water partition coefficient (Wildman–Crippen LogP) is 3.14. The maximum Gasteiger partial charge on any atom is 0.223 e. The Hall–Kier alpha value is -2.33. The number of benzene rings is 2. The summed E-state index contributed by atoms with van der Waals surface area (Å²) in [4.78, 5) is 15.0. The Balaban J connectivity index is 1.46. The van der Waals surface area contributed by atoms with Crippen LogP contribution in [0.15, 0.2) is 54.6 Å². The van der Waals surface area contributed by atoms with E-state index in [1.807, 2.05) is 29.2 Å². The zero-order chi connectivity index (χ0) is 17.9. The van der Waals surface area contributed by atoms with E-state index >= 15 is 0 Å². The molecule has 26 heavy (non-hydrogen) atoms. The first-order chi connectivity index (χ1) is 12.8. The summed E-state index contributed by atoms with van der Waals surface area (Å²) in [6, 6.07) is 18.5. The first-order valence-corrected chi connectivity index (χ1v) is 9.50. The van der Waals surface area contributed by atoms with Crippen molar-refractivity contribution in [1.29, 1.82) is 0 Å². The Morgan fingerprint density at radius 3 is 2.65 bits per heavy atom. The lowest BCUT2D eigenvalue weighted by Gasteiger charge is -2.27. The first-order valence-electron chi connectivity index (χ1n) is 9.50. The van der Waals surface area contributed by atoms with E-state index in [2.05, 4.69) is 30.3 Å². The number of hydrogen-bond acceptors (Lipinski definition) is 3. The van der Waals surface area contributed by atoms with Gasteiger partial charge in [-0.25, -0.2) is 0 Å². The van der Waals surface area contributed by atoms with E-state index in [-0.39, 0.29) is 11.8 Å². The minimum absolute atomic E-state index is 0.239. The van der Waals surface area contributed by atoms with Gasteiger partial charge >= 0.3 is 0 Å². The molecule has 136 valence electrons. The van der Waals surface area contributed by atoms with Gasteiger partial charge in [0.1, 0.15) is 5.75 Å². The molecular formula is C22H26N2O2. The molecule has 3 atom stereocenters. The smallest absolute Gasteiger partial charge is 0.223 e. The number of carbonyl (C=O) groups is 1. The molecule has 4 nitrogen and oxygen atoms in total. The van der Waals surface area contributed by atoms with Gasteiger partial charge in [-0.1, -0.05) is 48.5 Å². The standard InChI is InChI=1S/C22H26N2O2/c23-13-18-14-24(15-20(18)16-6-2-1-3-7-16)22(25)12-17-10-11-26-21-9-5-4-8-19(17)21/h1-9,17-18,20H,10-15,23H2/t17?,18-,20+/m1/s1. The maximum absolute atomic E-state index is 13.0. The molecule has 1 fully saturated rings. The van der Waals surface area contributed by atoms with Crippen molar-refractivity contribution in [3.63, 3.8) is 0 Å². The molecule has 2 N–H and O–H groups in total. The fraction of sp³-hybridized carbons (Fsp3) is 0.409.